The Morgan fingerprint density at radius 2 is 1.96 bits per heavy atom. The summed E-state index contributed by atoms with van der Waals surface area (Å²) in [5.41, 5.74) is 1.39. The molecule has 1 amide bonds. The van der Waals surface area contributed by atoms with Gasteiger partial charge in [-0.05, 0) is 48.4 Å². The van der Waals surface area contributed by atoms with Gasteiger partial charge in [-0.15, -0.1) is 11.3 Å². The summed E-state index contributed by atoms with van der Waals surface area (Å²) in [6.07, 6.45) is 0.710. The van der Waals surface area contributed by atoms with Gasteiger partial charge in [0.25, 0.3) is 11.6 Å². The quantitative estimate of drug-likeness (QED) is 0.452. The summed E-state index contributed by atoms with van der Waals surface area (Å²) in [6, 6.07) is 9.91. The van der Waals surface area contributed by atoms with E-state index in [1.165, 1.54) is 35.6 Å². The largest absolute Gasteiger partial charge is 0.319 e. The number of thiazole rings is 1. The van der Waals surface area contributed by atoms with Crippen molar-refractivity contribution in [3.63, 3.8) is 0 Å². The molecule has 0 aliphatic heterocycles. The first-order valence-electron chi connectivity index (χ1n) is 8.29. The van der Waals surface area contributed by atoms with E-state index in [2.05, 4.69) is 4.99 Å². The summed E-state index contributed by atoms with van der Waals surface area (Å²) in [5, 5.41) is 11.0. The van der Waals surface area contributed by atoms with E-state index in [4.69, 9.17) is 11.6 Å². The fraction of sp³-hybridized carbons (Fsp3) is 0.158. The molecule has 0 N–H and O–H groups in total. The summed E-state index contributed by atoms with van der Waals surface area (Å²) in [4.78, 5) is 28.5. The summed E-state index contributed by atoms with van der Waals surface area (Å²) in [5.74, 6) is -0.936. The zero-order valence-electron chi connectivity index (χ0n) is 15.0. The highest BCUT2D eigenvalue weighted by Crippen LogP contribution is 2.27. The molecule has 0 saturated carbocycles. The molecular weight excluding hydrogens is 405 g/mol. The van der Waals surface area contributed by atoms with Crippen molar-refractivity contribution in [2.45, 2.75) is 13.3 Å². The van der Waals surface area contributed by atoms with Crippen molar-refractivity contribution in [3.05, 3.63) is 78.7 Å². The SMILES string of the molecule is CCc1sc(=NC(=O)c2ccc(Cl)c([N+](=O)[O-])c2)n(C)c1-c1ccc(F)cc1. The first kappa shape index (κ1) is 19.9. The molecule has 1 aromatic heterocycles. The molecular formula is C19H15ClFN3O3S. The van der Waals surface area contributed by atoms with Gasteiger partial charge < -0.3 is 4.57 Å². The van der Waals surface area contributed by atoms with Crippen molar-refractivity contribution in [2.75, 3.05) is 0 Å². The van der Waals surface area contributed by atoms with E-state index >= 15 is 0 Å². The van der Waals surface area contributed by atoms with Crippen molar-refractivity contribution >= 4 is 34.5 Å². The van der Waals surface area contributed by atoms with Crippen LogP contribution < -0.4 is 4.80 Å². The maximum absolute atomic E-state index is 13.2. The number of carbonyl (C=O) groups excluding carboxylic acids is 1. The van der Waals surface area contributed by atoms with Gasteiger partial charge in [-0.2, -0.15) is 4.99 Å². The molecule has 6 nitrogen and oxygen atoms in total. The monoisotopic (exact) mass is 419 g/mol. The molecule has 0 bridgehead atoms. The van der Waals surface area contributed by atoms with Gasteiger partial charge in [0.05, 0.1) is 10.6 Å². The van der Waals surface area contributed by atoms with Crippen molar-refractivity contribution in [3.8, 4) is 11.3 Å². The average molecular weight is 420 g/mol. The topological polar surface area (TPSA) is 77.5 Å². The molecule has 0 atom stereocenters. The van der Waals surface area contributed by atoms with Crippen LogP contribution in [0.4, 0.5) is 10.1 Å². The van der Waals surface area contributed by atoms with E-state index < -0.39 is 10.8 Å². The number of rotatable bonds is 4. The summed E-state index contributed by atoms with van der Waals surface area (Å²) >= 11 is 7.13. The summed E-state index contributed by atoms with van der Waals surface area (Å²) in [7, 11) is 1.77. The van der Waals surface area contributed by atoms with Gasteiger partial charge in [-0.3, -0.25) is 14.9 Å². The number of aryl methyl sites for hydroxylation is 1. The van der Waals surface area contributed by atoms with Gasteiger partial charge in [0.1, 0.15) is 10.8 Å². The minimum atomic E-state index is -0.647. The number of nitro benzene ring substituents is 1. The predicted octanol–water partition coefficient (Wildman–Crippen LogP) is 4.76. The van der Waals surface area contributed by atoms with Gasteiger partial charge in [-0.25, -0.2) is 4.39 Å². The molecule has 0 aliphatic rings. The maximum atomic E-state index is 13.2. The zero-order valence-corrected chi connectivity index (χ0v) is 16.6. The third-order valence-corrected chi connectivity index (χ3v) is 5.72. The molecule has 0 unspecified atom stereocenters. The van der Waals surface area contributed by atoms with Crippen LogP contribution in [-0.2, 0) is 13.5 Å². The number of hydrogen-bond donors (Lipinski definition) is 0. The molecule has 9 heteroatoms. The molecule has 0 spiro atoms. The number of aromatic nitrogens is 1. The Balaban J connectivity index is 2.08. The molecule has 0 fully saturated rings. The highest BCUT2D eigenvalue weighted by Gasteiger charge is 2.17. The lowest BCUT2D eigenvalue weighted by Crippen LogP contribution is -2.14. The van der Waals surface area contributed by atoms with E-state index in [1.54, 1.807) is 23.7 Å². The fourth-order valence-electron chi connectivity index (χ4n) is 2.75. The number of hydrogen-bond acceptors (Lipinski definition) is 4. The molecule has 0 aliphatic carbocycles. The predicted molar refractivity (Wildman–Crippen MR) is 106 cm³/mol. The van der Waals surface area contributed by atoms with Crippen LogP contribution in [0.1, 0.15) is 22.2 Å². The third kappa shape index (κ3) is 3.88. The summed E-state index contributed by atoms with van der Waals surface area (Å²) < 4.78 is 15.0. The van der Waals surface area contributed by atoms with Crippen molar-refractivity contribution in [1.29, 1.82) is 0 Å². The molecule has 28 heavy (non-hydrogen) atoms. The zero-order chi connectivity index (χ0) is 20.4. The van der Waals surface area contributed by atoms with Gasteiger partial charge in [0.2, 0.25) is 0 Å². The van der Waals surface area contributed by atoms with E-state index in [-0.39, 0.29) is 22.1 Å². The van der Waals surface area contributed by atoms with Crippen LogP contribution >= 0.6 is 22.9 Å². The molecule has 3 rings (SSSR count). The fourth-order valence-corrected chi connectivity index (χ4v) is 4.01. The van der Waals surface area contributed by atoms with Gasteiger partial charge in [-0.1, -0.05) is 18.5 Å². The van der Waals surface area contributed by atoms with E-state index in [0.717, 1.165) is 22.2 Å². The molecule has 3 aromatic rings. The van der Waals surface area contributed by atoms with Gasteiger partial charge >= 0.3 is 0 Å². The molecule has 144 valence electrons. The second kappa shape index (κ2) is 8.04. The average Bonchev–Trinajstić information content (AvgIpc) is 2.98. The number of nitro groups is 1. The number of benzene rings is 2. The minimum absolute atomic E-state index is 0.0462. The van der Waals surface area contributed by atoms with E-state index in [0.29, 0.717) is 11.2 Å². The van der Waals surface area contributed by atoms with Crippen LogP contribution in [0.25, 0.3) is 11.3 Å². The standard InChI is InChI=1S/C19H15ClFN3O3S/c1-3-16-17(11-4-7-13(21)8-5-11)23(2)19(28-16)22-18(25)12-6-9-14(20)15(10-12)24(26)27/h4-10H,3H2,1-2H3. The van der Waals surface area contributed by atoms with Crippen LogP contribution in [0.2, 0.25) is 5.02 Å². The first-order chi connectivity index (χ1) is 13.3. The maximum Gasteiger partial charge on any atom is 0.288 e. The second-order valence-electron chi connectivity index (χ2n) is 5.92. The molecule has 2 aromatic carbocycles. The molecule has 1 heterocycles. The number of amides is 1. The number of nitrogens with zero attached hydrogens (tertiary/aromatic N) is 3. The van der Waals surface area contributed by atoms with Gasteiger partial charge in [0.15, 0.2) is 4.80 Å². The van der Waals surface area contributed by atoms with Crippen LogP contribution in [0, 0.1) is 15.9 Å². The Kier molecular flexibility index (Phi) is 5.71. The van der Waals surface area contributed by atoms with Crippen LogP contribution in [0.5, 0.6) is 0 Å². The minimum Gasteiger partial charge on any atom is -0.319 e. The van der Waals surface area contributed by atoms with Crippen LogP contribution in [-0.4, -0.2) is 15.4 Å². The van der Waals surface area contributed by atoms with Crippen LogP contribution in [0.15, 0.2) is 47.5 Å². The number of halogens is 2. The Morgan fingerprint density at radius 3 is 2.57 bits per heavy atom. The normalized spacial score (nSPS) is 11.6. The lowest BCUT2D eigenvalue weighted by molar-refractivity contribution is -0.384. The Labute approximate surface area is 168 Å². The Morgan fingerprint density at radius 1 is 1.29 bits per heavy atom. The van der Waals surface area contributed by atoms with Crippen molar-refractivity contribution in [2.24, 2.45) is 12.0 Å². The smallest absolute Gasteiger partial charge is 0.288 e. The summed E-state index contributed by atoms with van der Waals surface area (Å²) in [6.45, 7) is 1.98. The third-order valence-electron chi connectivity index (χ3n) is 4.13. The van der Waals surface area contributed by atoms with Crippen LogP contribution in [0.3, 0.4) is 0 Å². The van der Waals surface area contributed by atoms with E-state index in [9.17, 15) is 19.3 Å². The van der Waals surface area contributed by atoms with Crippen molar-refractivity contribution < 1.29 is 14.1 Å². The lowest BCUT2D eigenvalue weighted by atomic mass is 10.1. The first-order valence-corrected chi connectivity index (χ1v) is 9.49. The lowest BCUT2D eigenvalue weighted by Gasteiger charge is -2.05. The Hall–Kier alpha value is -2.84. The molecule has 0 saturated heterocycles. The van der Waals surface area contributed by atoms with Gasteiger partial charge in [0, 0.05) is 23.6 Å². The van der Waals surface area contributed by atoms with Crippen molar-refractivity contribution in [1.82, 2.24) is 4.57 Å². The number of carbonyl (C=O) groups is 1. The highest BCUT2D eigenvalue weighted by atomic mass is 35.5. The Bertz CT molecular complexity index is 1140. The highest BCUT2D eigenvalue weighted by molar-refractivity contribution is 7.09. The second-order valence-corrected chi connectivity index (χ2v) is 7.39. The van der Waals surface area contributed by atoms with E-state index in [1.807, 2.05) is 6.92 Å². The molecule has 0 radical (unpaired) electrons.